The van der Waals surface area contributed by atoms with Crippen LogP contribution in [0.3, 0.4) is 0 Å². The van der Waals surface area contributed by atoms with Crippen molar-refractivity contribution in [2.24, 2.45) is 7.05 Å². The summed E-state index contributed by atoms with van der Waals surface area (Å²) in [5.41, 5.74) is 1.54. The van der Waals surface area contributed by atoms with Crippen LogP contribution in [0.15, 0.2) is 40.9 Å². The van der Waals surface area contributed by atoms with Gasteiger partial charge in [-0.3, -0.25) is 14.3 Å². The molecule has 170 valence electrons. The van der Waals surface area contributed by atoms with E-state index in [0.717, 1.165) is 24.1 Å². The molecular formula is C24H31N5O3. The fourth-order valence-electron chi connectivity index (χ4n) is 3.47. The van der Waals surface area contributed by atoms with Gasteiger partial charge in [0, 0.05) is 31.1 Å². The number of benzene rings is 1. The first-order chi connectivity index (χ1) is 15.2. The van der Waals surface area contributed by atoms with Gasteiger partial charge in [-0.2, -0.15) is 5.10 Å². The van der Waals surface area contributed by atoms with Gasteiger partial charge in [-0.1, -0.05) is 31.5 Å². The van der Waals surface area contributed by atoms with E-state index in [1.807, 2.05) is 51.1 Å². The van der Waals surface area contributed by atoms with Crippen molar-refractivity contribution in [3.8, 4) is 11.5 Å². The molecule has 0 aliphatic carbocycles. The van der Waals surface area contributed by atoms with E-state index in [4.69, 9.17) is 4.42 Å². The SMILES string of the molecule is CCCCNC(=O)c1cnn(C)c1C(=O)NC(C)(C)Cc1nc(-c2ccccc2)oc1C. The van der Waals surface area contributed by atoms with E-state index in [9.17, 15) is 9.59 Å². The lowest BCUT2D eigenvalue weighted by molar-refractivity contribution is 0.0884. The Labute approximate surface area is 188 Å². The van der Waals surface area contributed by atoms with E-state index in [1.165, 1.54) is 10.9 Å². The predicted octanol–water partition coefficient (Wildman–Crippen LogP) is 3.66. The number of carbonyl (C=O) groups excluding carboxylic acids is 2. The van der Waals surface area contributed by atoms with E-state index in [0.29, 0.717) is 24.6 Å². The smallest absolute Gasteiger partial charge is 0.270 e. The Morgan fingerprint density at radius 3 is 2.56 bits per heavy atom. The highest BCUT2D eigenvalue weighted by molar-refractivity contribution is 6.06. The number of unbranched alkanes of at least 4 members (excludes halogenated alkanes) is 1. The minimum atomic E-state index is -0.632. The second kappa shape index (κ2) is 9.80. The summed E-state index contributed by atoms with van der Waals surface area (Å²) in [5.74, 6) is 0.607. The maximum atomic E-state index is 13.1. The van der Waals surface area contributed by atoms with Gasteiger partial charge in [0.05, 0.1) is 17.5 Å². The van der Waals surface area contributed by atoms with Gasteiger partial charge in [0.1, 0.15) is 11.5 Å². The molecule has 0 saturated carbocycles. The minimum absolute atomic E-state index is 0.230. The molecule has 3 aromatic rings. The molecule has 0 radical (unpaired) electrons. The summed E-state index contributed by atoms with van der Waals surface area (Å²) >= 11 is 0. The Morgan fingerprint density at radius 1 is 1.16 bits per heavy atom. The molecule has 32 heavy (non-hydrogen) atoms. The molecule has 0 fully saturated rings. The Bertz CT molecular complexity index is 1080. The lowest BCUT2D eigenvalue weighted by Gasteiger charge is -2.25. The highest BCUT2D eigenvalue weighted by Crippen LogP contribution is 2.24. The number of hydrogen-bond donors (Lipinski definition) is 2. The van der Waals surface area contributed by atoms with Crippen LogP contribution in [0, 0.1) is 6.92 Å². The average molecular weight is 438 g/mol. The molecule has 0 bridgehead atoms. The lowest BCUT2D eigenvalue weighted by Crippen LogP contribution is -2.46. The molecule has 3 rings (SSSR count). The number of oxazole rings is 1. The van der Waals surface area contributed by atoms with Crippen molar-refractivity contribution in [2.45, 2.75) is 52.5 Å². The van der Waals surface area contributed by atoms with Crippen LogP contribution in [-0.4, -0.2) is 38.7 Å². The average Bonchev–Trinajstić information content (AvgIpc) is 3.31. The zero-order valence-electron chi connectivity index (χ0n) is 19.4. The van der Waals surface area contributed by atoms with Crippen LogP contribution in [0.4, 0.5) is 0 Å². The van der Waals surface area contributed by atoms with E-state index in [1.54, 1.807) is 7.05 Å². The van der Waals surface area contributed by atoms with Crippen molar-refractivity contribution >= 4 is 11.8 Å². The summed E-state index contributed by atoms with van der Waals surface area (Å²) in [5, 5.41) is 9.99. The van der Waals surface area contributed by atoms with E-state index >= 15 is 0 Å². The molecule has 8 heteroatoms. The Hall–Kier alpha value is -3.42. The summed E-state index contributed by atoms with van der Waals surface area (Å²) in [7, 11) is 1.65. The molecule has 0 aliphatic heterocycles. The van der Waals surface area contributed by atoms with Gasteiger partial charge in [0.2, 0.25) is 5.89 Å². The zero-order valence-corrected chi connectivity index (χ0v) is 19.4. The molecule has 1 aromatic carbocycles. The van der Waals surface area contributed by atoms with Gasteiger partial charge in [-0.25, -0.2) is 4.98 Å². The largest absolute Gasteiger partial charge is 0.441 e. The number of hydrogen-bond acceptors (Lipinski definition) is 5. The molecule has 0 atom stereocenters. The van der Waals surface area contributed by atoms with Crippen molar-refractivity contribution in [1.82, 2.24) is 25.4 Å². The molecule has 0 unspecified atom stereocenters. The molecule has 2 amide bonds. The fourth-order valence-corrected chi connectivity index (χ4v) is 3.47. The molecule has 8 nitrogen and oxygen atoms in total. The van der Waals surface area contributed by atoms with Crippen molar-refractivity contribution < 1.29 is 14.0 Å². The zero-order chi connectivity index (χ0) is 23.3. The summed E-state index contributed by atoms with van der Waals surface area (Å²) in [6, 6.07) is 9.69. The second-order valence-corrected chi connectivity index (χ2v) is 8.54. The number of nitrogens with zero attached hydrogens (tertiary/aromatic N) is 3. The summed E-state index contributed by atoms with van der Waals surface area (Å²) < 4.78 is 7.27. The van der Waals surface area contributed by atoms with Crippen LogP contribution in [0.1, 0.15) is 65.9 Å². The Kier molecular flexibility index (Phi) is 7.12. The molecule has 2 N–H and O–H groups in total. The minimum Gasteiger partial charge on any atom is -0.441 e. The standard InChI is InChI=1S/C24H31N5O3/c1-6-7-13-25-21(30)18-15-26-29(5)20(18)22(31)28-24(3,4)14-19-16(2)32-23(27-19)17-11-9-8-10-12-17/h8-12,15H,6-7,13-14H2,1-5H3,(H,25,30)(H,28,31). The third kappa shape index (κ3) is 5.43. The van der Waals surface area contributed by atoms with Crippen LogP contribution in [0.25, 0.3) is 11.5 Å². The van der Waals surface area contributed by atoms with Gasteiger partial charge in [0.15, 0.2) is 0 Å². The Balaban J connectivity index is 1.74. The van der Waals surface area contributed by atoms with Crippen LogP contribution < -0.4 is 10.6 Å². The molecule has 0 aliphatic rings. The topological polar surface area (TPSA) is 102 Å². The highest BCUT2D eigenvalue weighted by atomic mass is 16.4. The number of carbonyl (C=O) groups is 2. The number of rotatable bonds is 9. The number of nitrogens with one attached hydrogen (secondary N) is 2. The third-order valence-electron chi connectivity index (χ3n) is 5.19. The van der Waals surface area contributed by atoms with Crippen LogP contribution in [0.2, 0.25) is 0 Å². The van der Waals surface area contributed by atoms with Gasteiger partial charge in [-0.05, 0) is 39.3 Å². The molecule has 2 aromatic heterocycles. The van der Waals surface area contributed by atoms with Gasteiger partial charge < -0.3 is 15.1 Å². The maximum Gasteiger partial charge on any atom is 0.270 e. The van der Waals surface area contributed by atoms with Crippen LogP contribution >= 0.6 is 0 Å². The Morgan fingerprint density at radius 2 is 1.88 bits per heavy atom. The van der Waals surface area contributed by atoms with Crippen molar-refractivity contribution in [1.29, 1.82) is 0 Å². The molecular weight excluding hydrogens is 406 g/mol. The van der Waals surface area contributed by atoms with Gasteiger partial charge in [-0.15, -0.1) is 0 Å². The van der Waals surface area contributed by atoms with E-state index < -0.39 is 5.54 Å². The fraction of sp³-hybridized carbons (Fsp3) is 0.417. The third-order valence-corrected chi connectivity index (χ3v) is 5.19. The second-order valence-electron chi connectivity index (χ2n) is 8.54. The van der Waals surface area contributed by atoms with Crippen LogP contribution in [0.5, 0.6) is 0 Å². The quantitative estimate of drug-likeness (QED) is 0.498. The number of aryl methyl sites for hydroxylation is 2. The molecule has 0 spiro atoms. The first-order valence-electron chi connectivity index (χ1n) is 10.9. The van der Waals surface area contributed by atoms with Gasteiger partial charge >= 0.3 is 0 Å². The van der Waals surface area contributed by atoms with Crippen molar-refractivity contribution in [3.05, 3.63) is 59.2 Å². The normalized spacial score (nSPS) is 11.4. The lowest BCUT2D eigenvalue weighted by atomic mass is 9.97. The van der Waals surface area contributed by atoms with E-state index in [2.05, 4.69) is 27.6 Å². The highest BCUT2D eigenvalue weighted by Gasteiger charge is 2.29. The monoisotopic (exact) mass is 437 g/mol. The first kappa shape index (κ1) is 23.2. The number of aromatic nitrogens is 3. The predicted molar refractivity (Wildman–Crippen MR) is 122 cm³/mol. The maximum absolute atomic E-state index is 13.1. The summed E-state index contributed by atoms with van der Waals surface area (Å²) in [6.45, 7) is 8.31. The van der Waals surface area contributed by atoms with Crippen LogP contribution in [-0.2, 0) is 13.5 Å². The van der Waals surface area contributed by atoms with Crippen molar-refractivity contribution in [2.75, 3.05) is 6.54 Å². The summed E-state index contributed by atoms with van der Waals surface area (Å²) in [4.78, 5) is 30.3. The summed E-state index contributed by atoms with van der Waals surface area (Å²) in [6.07, 6.45) is 3.75. The van der Waals surface area contributed by atoms with Crippen molar-refractivity contribution in [3.63, 3.8) is 0 Å². The first-order valence-corrected chi connectivity index (χ1v) is 10.9. The molecule has 0 saturated heterocycles. The molecule has 2 heterocycles. The van der Waals surface area contributed by atoms with E-state index in [-0.39, 0.29) is 23.1 Å². The number of amides is 2. The van der Waals surface area contributed by atoms with Gasteiger partial charge in [0.25, 0.3) is 11.8 Å².